The molecule has 5 nitrogen and oxygen atoms in total. The summed E-state index contributed by atoms with van der Waals surface area (Å²) in [6.45, 7) is 4.89. The molecule has 0 atom stereocenters. The average molecular weight is 392 g/mol. The van der Waals surface area contributed by atoms with Gasteiger partial charge in [-0.2, -0.15) is 0 Å². The first-order valence-corrected chi connectivity index (χ1v) is 10.6. The molecule has 0 spiro atoms. The van der Waals surface area contributed by atoms with Crippen molar-refractivity contribution in [2.45, 2.75) is 64.6 Å². The lowest BCUT2D eigenvalue weighted by Gasteiger charge is -2.22. The minimum atomic E-state index is -0.119. The van der Waals surface area contributed by atoms with E-state index in [-0.39, 0.29) is 5.91 Å². The average Bonchev–Trinajstić information content (AvgIpc) is 3.12. The third kappa shape index (κ3) is 4.51. The summed E-state index contributed by atoms with van der Waals surface area (Å²) in [5.41, 5.74) is 4.39. The molecule has 1 aromatic carbocycles. The maximum atomic E-state index is 12.4. The summed E-state index contributed by atoms with van der Waals surface area (Å²) in [4.78, 5) is 17.3. The number of anilines is 1. The van der Waals surface area contributed by atoms with Crippen molar-refractivity contribution in [2.24, 2.45) is 0 Å². The van der Waals surface area contributed by atoms with Gasteiger partial charge in [-0.1, -0.05) is 51.3 Å². The van der Waals surface area contributed by atoms with E-state index in [0.717, 1.165) is 35.6 Å². The molecule has 0 saturated heterocycles. The van der Waals surface area contributed by atoms with Crippen LogP contribution in [0.15, 0.2) is 48.7 Å². The van der Waals surface area contributed by atoms with Crippen LogP contribution in [0, 0.1) is 0 Å². The Morgan fingerprint density at radius 3 is 2.66 bits per heavy atom. The minimum Gasteiger partial charge on any atom is -0.372 e. The van der Waals surface area contributed by atoms with Gasteiger partial charge in [-0.25, -0.2) is 4.98 Å². The highest BCUT2D eigenvalue weighted by Crippen LogP contribution is 2.26. The lowest BCUT2D eigenvalue weighted by atomic mass is 9.98. The normalized spacial score (nSPS) is 15.1. The highest BCUT2D eigenvalue weighted by molar-refractivity contribution is 6.04. The maximum Gasteiger partial charge on any atom is 0.255 e. The zero-order valence-electron chi connectivity index (χ0n) is 17.2. The molecule has 1 fully saturated rings. The van der Waals surface area contributed by atoms with Crippen LogP contribution in [0.25, 0.3) is 5.65 Å². The van der Waals surface area contributed by atoms with Gasteiger partial charge in [0.25, 0.3) is 5.91 Å². The summed E-state index contributed by atoms with van der Waals surface area (Å²) in [5.74, 6) is 0.189. The van der Waals surface area contributed by atoms with Crippen molar-refractivity contribution in [3.05, 3.63) is 65.6 Å². The van der Waals surface area contributed by atoms with E-state index in [1.165, 1.54) is 19.3 Å². The van der Waals surface area contributed by atoms with Crippen molar-refractivity contribution in [1.82, 2.24) is 9.38 Å². The standard InChI is InChI=1S/C24H29N3O2/c1-17(2)23-21(16-29-20-11-7-4-8-12-20)27-14-13-19(15-22(27)26-23)25-24(28)18-9-5-3-6-10-18/h3,5-6,9-10,13-15,17,20H,4,7-8,11-12,16H2,1-2H3,(H,25,28). The Labute approximate surface area is 172 Å². The van der Waals surface area contributed by atoms with Crippen LogP contribution in [0.1, 0.15) is 73.6 Å². The molecule has 4 rings (SSSR count). The number of carbonyl (C=O) groups is 1. The van der Waals surface area contributed by atoms with E-state index < -0.39 is 0 Å². The lowest BCUT2D eigenvalue weighted by Crippen LogP contribution is -2.17. The molecule has 1 N–H and O–H groups in total. The molecular formula is C24H29N3O2. The van der Waals surface area contributed by atoms with Crippen molar-refractivity contribution in [3.8, 4) is 0 Å². The fourth-order valence-corrected chi connectivity index (χ4v) is 4.02. The van der Waals surface area contributed by atoms with Gasteiger partial charge in [-0.15, -0.1) is 0 Å². The van der Waals surface area contributed by atoms with Crippen LogP contribution in [-0.2, 0) is 11.3 Å². The van der Waals surface area contributed by atoms with Gasteiger partial charge in [0, 0.05) is 23.5 Å². The van der Waals surface area contributed by atoms with Crippen LogP contribution in [0.2, 0.25) is 0 Å². The Kier molecular flexibility index (Phi) is 5.95. The van der Waals surface area contributed by atoms with Gasteiger partial charge in [-0.3, -0.25) is 4.79 Å². The van der Waals surface area contributed by atoms with Crippen molar-refractivity contribution in [2.75, 3.05) is 5.32 Å². The number of carbonyl (C=O) groups excluding carboxylic acids is 1. The molecule has 1 aliphatic carbocycles. The van der Waals surface area contributed by atoms with Crippen molar-refractivity contribution in [1.29, 1.82) is 0 Å². The first kappa shape index (κ1) is 19.6. The third-order valence-corrected chi connectivity index (χ3v) is 5.60. The van der Waals surface area contributed by atoms with Gasteiger partial charge in [0.15, 0.2) is 0 Å². The molecule has 0 unspecified atom stereocenters. The molecular weight excluding hydrogens is 362 g/mol. The van der Waals surface area contributed by atoms with Gasteiger partial charge < -0.3 is 14.5 Å². The molecule has 0 aliphatic heterocycles. The van der Waals surface area contributed by atoms with Gasteiger partial charge in [0.1, 0.15) is 5.65 Å². The fraction of sp³-hybridized carbons (Fsp3) is 0.417. The van der Waals surface area contributed by atoms with Gasteiger partial charge in [0.05, 0.1) is 24.1 Å². The number of hydrogen-bond acceptors (Lipinski definition) is 3. The monoisotopic (exact) mass is 391 g/mol. The van der Waals surface area contributed by atoms with E-state index in [9.17, 15) is 4.79 Å². The number of nitrogens with one attached hydrogen (secondary N) is 1. The topological polar surface area (TPSA) is 55.6 Å². The third-order valence-electron chi connectivity index (χ3n) is 5.60. The molecule has 0 radical (unpaired) electrons. The minimum absolute atomic E-state index is 0.119. The molecule has 1 aliphatic rings. The predicted molar refractivity (Wildman–Crippen MR) is 115 cm³/mol. The maximum absolute atomic E-state index is 12.4. The Bertz CT molecular complexity index is 972. The van der Waals surface area contributed by atoms with Crippen LogP contribution in [-0.4, -0.2) is 21.4 Å². The first-order valence-electron chi connectivity index (χ1n) is 10.6. The zero-order chi connectivity index (χ0) is 20.2. The number of pyridine rings is 1. The molecule has 1 saturated carbocycles. The van der Waals surface area contributed by atoms with Crippen molar-refractivity contribution in [3.63, 3.8) is 0 Å². The SMILES string of the molecule is CC(C)c1nc2cc(NC(=O)c3ccccc3)ccn2c1COC1CCCCC1. The van der Waals surface area contributed by atoms with E-state index >= 15 is 0 Å². The summed E-state index contributed by atoms with van der Waals surface area (Å²) in [6, 6.07) is 13.1. The van der Waals surface area contributed by atoms with Crippen LogP contribution in [0.5, 0.6) is 0 Å². The van der Waals surface area contributed by atoms with Crippen LogP contribution >= 0.6 is 0 Å². The molecule has 0 bridgehead atoms. The molecule has 1 amide bonds. The molecule has 152 valence electrons. The largest absolute Gasteiger partial charge is 0.372 e. The summed E-state index contributed by atoms with van der Waals surface area (Å²) in [5, 5.41) is 2.97. The number of fused-ring (bicyclic) bond motifs is 1. The Balaban J connectivity index is 1.56. The van der Waals surface area contributed by atoms with Gasteiger partial charge in [-0.05, 0) is 37.0 Å². The summed E-state index contributed by atoms with van der Waals surface area (Å²) < 4.78 is 8.34. The zero-order valence-corrected chi connectivity index (χ0v) is 17.2. The second kappa shape index (κ2) is 8.78. The van der Waals surface area contributed by atoms with E-state index in [1.54, 1.807) is 12.1 Å². The Hall–Kier alpha value is -2.66. The number of aromatic nitrogens is 2. The van der Waals surface area contributed by atoms with Gasteiger partial charge >= 0.3 is 0 Å². The summed E-state index contributed by atoms with van der Waals surface area (Å²) in [6.07, 6.45) is 8.50. The van der Waals surface area contributed by atoms with Crippen LogP contribution < -0.4 is 5.32 Å². The fourth-order valence-electron chi connectivity index (χ4n) is 4.02. The van der Waals surface area contributed by atoms with E-state index in [4.69, 9.17) is 9.72 Å². The number of imidazole rings is 1. The molecule has 3 aromatic rings. The number of benzene rings is 1. The molecule has 2 heterocycles. The molecule has 5 heteroatoms. The number of ether oxygens (including phenoxy) is 1. The van der Waals surface area contributed by atoms with E-state index in [2.05, 4.69) is 23.6 Å². The smallest absolute Gasteiger partial charge is 0.255 e. The number of amides is 1. The number of hydrogen-bond donors (Lipinski definition) is 1. The van der Waals surface area contributed by atoms with E-state index in [1.807, 2.05) is 36.5 Å². The Morgan fingerprint density at radius 2 is 1.93 bits per heavy atom. The highest BCUT2D eigenvalue weighted by Gasteiger charge is 2.19. The van der Waals surface area contributed by atoms with Crippen LogP contribution in [0.3, 0.4) is 0 Å². The highest BCUT2D eigenvalue weighted by atomic mass is 16.5. The predicted octanol–water partition coefficient (Wildman–Crippen LogP) is 5.56. The number of rotatable bonds is 6. The lowest BCUT2D eigenvalue weighted by molar-refractivity contribution is 0.0145. The first-order chi connectivity index (χ1) is 14.1. The van der Waals surface area contributed by atoms with Crippen molar-refractivity contribution >= 4 is 17.2 Å². The molecule has 29 heavy (non-hydrogen) atoms. The van der Waals surface area contributed by atoms with Crippen molar-refractivity contribution < 1.29 is 9.53 Å². The second-order valence-electron chi connectivity index (χ2n) is 8.13. The van der Waals surface area contributed by atoms with E-state index in [0.29, 0.717) is 24.2 Å². The van der Waals surface area contributed by atoms with Gasteiger partial charge in [0.2, 0.25) is 0 Å². The molecule has 2 aromatic heterocycles. The quantitative estimate of drug-likeness (QED) is 0.598. The van der Waals surface area contributed by atoms with Crippen LogP contribution in [0.4, 0.5) is 5.69 Å². The summed E-state index contributed by atoms with van der Waals surface area (Å²) in [7, 11) is 0. The number of nitrogens with zero attached hydrogens (tertiary/aromatic N) is 2. The summed E-state index contributed by atoms with van der Waals surface area (Å²) >= 11 is 0. The Morgan fingerprint density at radius 1 is 1.17 bits per heavy atom. The second-order valence-corrected chi connectivity index (χ2v) is 8.13.